The van der Waals surface area contributed by atoms with Crippen LogP contribution in [0.25, 0.3) is 0 Å². The molecule has 1 heterocycles. The molecule has 6 nitrogen and oxygen atoms in total. The van der Waals surface area contributed by atoms with Gasteiger partial charge in [-0.05, 0) is 44.6 Å². The highest BCUT2D eigenvalue weighted by atomic mass is 127. The van der Waals surface area contributed by atoms with Crippen LogP contribution in [-0.4, -0.2) is 54.9 Å². The van der Waals surface area contributed by atoms with Crippen molar-refractivity contribution in [3.63, 3.8) is 0 Å². The number of hydrogen-bond donors (Lipinski definition) is 2. The Balaban J connectivity index is 0.00000392. The summed E-state index contributed by atoms with van der Waals surface area (Å²) in [6, 6.07) is 5.85. The molecule has 0 spiro atoms. The SMILES string of the molecule is CN=C(NCCCc1ccc(Cl)cc1Cl)NCC(c1cnn(C)c1)N(C)C.I. The predicted octanol–water partition coefficient (Wildman–Crippen LogP) is 3.75. The summed E-state index contributed by atoms with van der Waals surface area (Å²) in [6.07, 6.45) is 5.77. The molecule has 0 aliphatic heterocycles. The number of benzene rings is 1. The maximum Gasteiger partial charge on any atom is 0.191 e. The monoisotopic (exact) mass is 538 g/mol. The van der Waals surface area contributed by atoms with Gasteiger partial charge in [0.15, 0.2) is 5.96 Å². The van der Waals surface area contributed by atoms with Crippen molar-refractivity contribution in [2.45, 2.75) is 18.9 Å². The zero-order valence-corrected chi connectivity index (χ0v) is 20.6. The van der Waals surface area contributed by atoms with Gasteiger partial charge in [0, 0.05) is 49.0 Å². The second-order valence-electron chi connectivity index (χ2n) is 6.65. The van der Waals surface area contributed by atoms with E-state index < -0.39 is 0 Å². The van der Waals surface area contributed by atoms with Gasteiger partial charge in [-0.15, -0.1) is 24.0 Å². The number of aryl methyl sites for hydroxylation is 2. The Labute approximate surface area is 194 Å². The molecule has 0 saturated carbocycles. The Morgan fingerprint density at radius 2 is 2.04 bits per heavy atom. The van der Waals surface area contributed by atoms with Crippen LogP contribution in [-0.2, 0) is 13.5 Å². The van der Waals surface area contributed by atoms with Gasteiger partial charge in [0.2, 0.25) is 0 Å². The molecule has 0 saturated heterocycles. The van der Waals surface area contributed by atoms with E-state index in [1.807, 2.05) is 36.3 Å². The molecule has 0 amide bonds. The van der Waals surface area contributed by atoms with Gasteiger partial charge in [0.1, 0.15) is 0 Å². The van der Waals surface area contributed by atoms with Crippen LogP contribution in [0.1, 0.15) is 23.6 Å². The molecule has 1 aromatic heterocycles. The van der Waals surface area contributed by atoms with Crippen LogP contribution in [0, 0.1) is 0 Å². The van der Waals surface area contributed by atoms with E-state index in [2.05, 4.69) is 39.7 Å². The fourth-order valence-corrected chi connectivity index (χ4v) is 3.34. The summed E-state index contributed by atoms with van der Waals surface area (Å²) in [5.74, 6) is 0.785. The largest absolute Gasteiger partial charge is 0.356 e. The van der Waals surface area contributed by atoms with Crippen LogP contribution in [0.5, 0.6) is 0 Å². The number of aromatic nitrogens is 2. The number of hydrogen-bond acceptors (Lipinski definition) is 3. The predicted molar refractivity (Wildman–Crippen MR) is 129 cm³/mol. The molecule has 2 N–H and O–H groups in total. The molecule has 0 aliphatic carbocycles. The first-order valence-corrected chi connectivity index (χ1v) is 9.69. The standard InChI is InChI=1S/C19H28Cl2N6.HI/c1-22-19(23-9-5-6-14-7-8-16(20)10-17(14)21)24-12-18(26(2)3)15-11-25-27(4)13-15;/h7-8,10-11,13,18H,5-6,9,12H2,1-4H3,(H2,22,23,24);1H. The Hall–Kier alpha value is -1.03. The Morgan fingerprint density at radius 3 is 2.61 bits per heavy atom. The van der Waals surface area contributed by atoms with E-state index in [0.29, 0.717) is 5.02 Å². The number of halogens is 3. The highest BCUT2D eigenvalue weighted by molar-refractivity contribution is 14.0. The number of nitrogens with one attached hydrogen (secondary N) is 2. The van der Waals surface area contributed by atoms with E-state index in [9.17, 15) is 0 Å². The molecule has 156 valence electrons. The molecule has 0 aliphatic rings. The van der Waals surface area contributed by atoms with Crippen molar-refractivity contribution in [3.05, 3.63) is 51.8 Å². The van der Waals surface area contributed by atoms with Crippen molar-refractivity contribution < 1.29 is 0 Å². The molecule has 2 rings (SSSR count). The van der Waals surface area contributed by atoms with Crippen molar-refractivity contribution in [2.24, 2.45) is 12.0 Å². The average molecular weight is 539 g/mol. The summed E-state index contributed by atoms with van der Waals surface area (Å²) in [4.78, 5) is 6.47. The Morgan fingerprint density at radius 1 is 1.29 bits per heavy atom. The van der Waals surface area contributed by atoms with E-state index in [-0.39, 0.29) is 30.0 Å². The highest BCUT2D eigenvalue weighted by Gasteiger charge is 2.16. The summed E-state index contributed by atoms with van der Waals surface area (Å²) in [7, 11) is 7.83. The molecular weight excluding hydrogens is 510 g/mol. The summed E-state index contributed by atoms with van der Waals surface area (Å²) < 4.78 is 1.82. The molecule has 1 aromatic carbocycles. The van der Waals surface area contributed by atoms with E-state index >= 15 is 0 Å². The van der Waals surface area contributed by atoms with Crippen molar-refractivity contribution in [1.29, 1.82) is 0 Å². The number of likely N-dealkylation sites (N-methyl/N-ethyl adjacent to an activating group) is 1. The summed E-state index contributed by atoms with van der Waals surface area (Å²) in [5.41, 5.74) is 2.28. The van der Waals surface area contributed by atoms with Crippen LogP contribution in [0.3, 0.4) is 0 Å². The number of guanidine groups is 1. The van der Waals surface area contributed by atoms with E-state index in [0.717, 1.165) is 42.5 Å². The van der Waals surface area contributed by atoms with Crippen molar-refractivity contribution >= 4 is 53.1 Å². The molecule has 28 heavy (non-hydrogen) atoms. The van der Waals surface area contributed by atoms with E-state index in [1.165, 1.54) is 5.56 Å². The number of aliphatic imine (C=N–C) groups is 1. The Bertz CT molecular complexity index is 763. The maximum atomic E-state index is 6.22. The van der Waals surface area contributed by atoms with E-state index in [1.54, 1.807) is 13.1 Å². The first-order chi connectivity index (χ1) is 12.9. The summed E-state index contributed by atoms with van der Waals surface area (Å²) >= 11 is 12.2. The third kappa shape index (κ3) is 7.77. The second kappa shape index (κ2) is 12.5. The van der Waals surface area contributed by atoms with Crippen molar-refractivity contribution in [3.8, 4) is 0 Å². The van der Waals surface area contributed by atoms with Gasteiger partial charge in [0.05, 0.1) is 12.2 Å². The fourth-order valence-electron chi connectivity index (χ4n) is 2.83. The molecule has 0 fully saturated rings. The van der Waals surface area contributed by atoms with E-state index in [4.69, 9.17) is 23.2 Å². The van der Waals surface area contributed by atoms with Crippen LogP contribution in [0.4, 0.5) is 0 Å². The van der Waals surface area contributed by atoms with Crippen molar-refractivity contribution in [2.75, 3.05) is 34.2 Å². The lowest BCUT2D eigenvalue weighted by atomic mass is 10.1. The zero-order chi connectivity index (χ0) is 19.8. The summed E-state index contributed by atoms with van der Waals surface area (Å²) in [5, 5.41) is 12.4. The molecule has 1 atom stereocenters. The average Bonchev–Trinajstić information content (AvgIpc) is 3.04. The van der Waals surface area contributed by atoms with Crippen LogP contribution in [0.15, 0.2) is 35.6 Å². The smallest absolute Gasteiger partial charge is 0.191 e. The molecular formula is C19H29Cl2IN6. The van der Waals surface area contributed by atoms with Gasteiger partial charge < -0.3 is 15.5 Å². The molecule has 0 bridgehead atoms. The summed E-state index contributed by atoms with van der Waals surface area (Å²) in [6.45, 7) is 1.54. The van der Waals surface area contributed by atoms with Gasteiger partial charge in [-0.25, -0.2) is 0 Å². The highest BCUT2D eigenvalue weighted by Crippen LogP contribution is 2.22. The topological polar surface area (TPSA) is 57.5 Å². The van der Waals surface area contributed by atoms with Gasteiger partial charge in [-0.3, -0.25) is 9.67 Å². The minimum absolute atomic E-state index is 0. The number of nitrogens with zero attached hydrogens (tertiary/aromatic N) is 4. The van der Waals surface area contributed by atoms with Gasteiger partial charge in [0.25, 0.3) is 0 Å². The third-order valence-electron chi connectivity index (χ3n) is 4.35. The maximum absolute atomic E-state index is 6.22. The quantitative estimate of drug-likeness (QED) is 0.233. The normalized spacial score (nSPS) is 12.6. The lowest BCUT2D eigenvalue weighted by molar-refractivity contribution is 0.298. The molecule has 0 radical (unpaired) electrons. The fraction of sp³-hybridized carbons (Fsp3) is 0.474. The number of rotatable bonds is 8. The minimum Gasteiger partial charge on any atom is -0.356 e. The van der Waals surface area contributed by atoms with Crippen molar-refractivity contribution in [1.82, 2.24) is 25.3 Å². The zero-order valence-electron chi connectivity index (χ0n) is 16.7. The lowest BCUT2D eigenvalue weighted by Gasteiger charge is -2.24. The second-order valence-corrected chi connectivity index (χ2v) is 7.49. The Kier molecular flexibility index (Phi) is 11.2. The first-order valence-electron chi connectivity index (χ1n) is 8.94. The minimum atomic E-state index is 0. The lowest BCUT2D eigenvalue weighted by Crippen LogP contribution is -2.42. The van der Waals surface area contributed by atoms with Crippen LogP contribution in [0.2, 0.25) is 10.0 Å². The van der Waals surface area contributed by atoms with Gasteiger partial charge in [-0.2, -0.15) is 5.10 Å². The van der Waals surface area contributed by atoms with Crippen LogP contribution < -0.4 is 10.6 Å². The van der Waals surface area contributed by atoms with Gasteiger partial charge >= 0.3 is 0 Å². The molecule has 1 unspecified atom stereocenters. The molecule has 2 aromatic rings. The van der Waals surface area contributed by atoms with Crippen LogP contribution >= 0.6 is 47.2 Å². The first kappa shape index (κ1) is 25.0. The molecule has 9 heteroatoms. The third-order valence-corrected chi connectivity index (χ3v) is 4.94. The van der Waals surface area contributed by atoms with Gasteiger partial charge in [-0.1, -0.05) is 29.3 Å².